The number of aryl methyl sites for hydroxylation is 1. The highest BCUT2D eigenvalue weighted by atomic mass is 16.5. The second-order valence-electron chi connectivity index (χ2n) is 3.64. The molecule has 0 amide bonds. The van der Waals surface area contributed by atoms with Crippen molar-refractivity contribution in [2.24, 2.45) is 0 Å². The summed E-state index contributed by atoms with van der Waals surface area (Å²) in [5.41, 5.74) is 1.46. The number of aliphatic carboxylic acids is 1. The average Bonchev–Trinajstić information content (AvgIpc) is 2.34. The fourth-order valence-electron chi connectivity index (χ4n) is 1.50. The second kappa shape index (κ2) is 6.03. The Hall–Kier alpha value is -1.84. The van der Waals surface area contributed by atoms with Gasteiger partial charge in [0.1, 0.15) is 5.75 Å². The van der Waals surface area contributed by atoms with Gasteiger partial charge in [-0.25, -0.2) is 4.79 Å². The highest BCUT2D eigenvalue weighted by Crippen LogP contribution is 2.22. The summed E-state index contributed by atoms with van der Waals surface area (Å²) < 4.78 is 5.17. The molecular weight excluding hydrogens is 220 g/mol. The summed E-state index contributed by atoms with van der Waals surface area (Å²) in [6.07, 6.45) is 1.15. The van der Waals surface area contributed by atoms with Crippen molar-refractivity contribution in [2.45, 2.75) is 26.7 Å². The molecule has 0 bridgehead atoms. The van der Waals surface area contributed by atoms with Gasteiger partial charge in [-0.3, -0.25) is 4.79 Å². The predicted octanol–water partition coefficient (Wildman–Crippen LogP) is 2.31. The number of carbonyl (C=O) groups is 2. The van der Waals surface area contributed by atoms with E-state index in [2.05, 4.69) is 0 Å². The van der Waals surface area contributed by atoms with Crippen LogP contribution in [0.3, 0.4) is 0 Å². The summed E-state index contributed by atoms with van der Waals surface area (Å²) in [6.45, 7) is 3.34. The molecule has 1 aromatic carbocycles. The number of benzene rings is 1. The van der Waals surface area contributed by atoms with Gasteiger partial charge >= 0.3 is 5.97 Å². The van der Waals surface area contributed by atoms with Crippen LogP contribution in [0.2, 0.25) is 0 Å². The molecule has 0 aliphatic heterocycles. The number of ketones is 1. The minimum atomic E-state index is -1.03. The lowest BCUT2D eigenvalue weighted by Crippen LogP contribution is -2.11. The SMILES string of the molecule is CCC(=O)c1ccc(CC)c(OCC(=O)O)c1. The molecule has 17 heavy (non-hydrogen) atoms. The van der Waals surface area contributed by atoms with Gasteiger partial charge in [-0.1, -0.05) is 26.0 Å². The van der Waals surface area contributed by atoms with Crippen LogP contribution in [0.25, 0.3) is 0 Å². The molecule has 0 saturated carbocycles. The van der Waals surface area contributed by atoms with Crippen molar-refractivity contribution in [1.82, 2.24) is 0 Å². The number of hydrogen-bond donors (Lipinski definition) is 1. The lowest BCUT2D eigenvalue weighted by Gasteiger charge is -2.10. The zero-order valence-electron chi connectivity index (χ0n) is 10.0. The fraction of sp³-hybridized carbons (Fsp3) is 0.385. The lowest BCUT2D eigenvalue weighted by molar-refractivity contribution is -0.139. The van der Waals surface area contributed by atoms with Crippen molar-refractivity contribution in [2.75, 3.05) is 6.61 Å². The third kappa shape index (κ3) is 3.59. The van der Waals surface area contributed by atoms with E-state index in [-0.39, 0.29) is 5.78 Å². The van der Waals surface area contributed by atoms with E-state index < -0.39 is 12.6 Å². The third-order valence-corrected chi connectivity index (χ3v) is 2.44. The van der Waals surface area contributed by atoms with Gasteiger partial charge in [0, 0.05) is 12.0 Å². The van der Waals surface area contributed by atoms with Crippen LogP contribution >= 0.6 is 0 Å². The topological polar surface area (TPSA) is 63.6 Å². The van der Waals surface area contributed by atoms with Crippen molar-refractivity contribution < 1.29 is 19.4 Å². The molecule has 1 N–H and O–H groups in total. The molecule has 0 radical (unpaired) electrons. The van der Waals surface area contributed by atoms with Crippen LogP contribution in [0.1, 0.15) is 36.2 Å². The van der Waals surface area contributed by atoms with Gasteiger partial charge in [0.15, 0.2) is 12.4 Å². The second-order valence-corrected chi connectivity index (χ2v) is 3.64. The number of Topliss-reactive ketones (excluding diaryl/α,β-unsaturated/α-hetero) is 1. The first kappa shape index (κ1) is 13.2. The van der Waals surface area contributed by atoms with Crippen LogP contribution in [0.15, 0.2) is 18.2 Å². The minimum Gasteiger partial charge on any atom is -0.482 e. The minimum absolute atomic E-state index is 0.0211. The summed E-state index contributed by atoms with van der Waals surface area (Å²) >= 11 is 0. The first-order valence-corrected chi connectivity index (χ1v) is 5.59. The molecule has 0 fully saturated rings. The summed E-state index contributed by atoms with van der Waals surface area (Å²) in [6, 6.07) is 5.17. The van der Waals surface area contributed by atoms with E-state index >= 15 is 0 Å². The standard InChI is InChI=1S/C13H16O4/c1-3-9-5-6-10(11(14)4-2)7-12(9)17-8-13(15)16/h5-7H,3-4,8H2,1-2H3,(H,15,16). The Morgan fingerprint density at radius 2 is 2.00 bits per heavy atom. The first-order chi connectivity index (χ1) is 8.08. The quantitative estimate of drug-likeness (QED) is 0.770. The molecule has 1 aromatic rings. The van der Waals surface area contributed by atoms with Gasteiger partial charge in [0.05, 0.1) is 0 Å². The largest absolute Gasteiger partial charge is 0.482 e. The van der Waals surface area contributed by atoms with E-state index in [1.165, 1.54) is 0 Å². The summed E-state index contributed by atoms with van der Waals surface area (Å²) in [5.74, 6) is -0.527. The zero-order valence-corrected chi connectivity index (χ0v) is 10.0. The van der Waals surface area contributed by atoms with Gasteiger partial charge in [-0.2, -0.15) is 0 Å². The Morgan fingerprint density at radius 1 is 1.29 bits per heavy atom. The van der Waals surface area contributed by atoms with Crippen LogP contribution in [-0.2, 0) is 11.2 Å². The number of hydrogen-bond acceptors (Lipinski definition) is 3. The maximum atomic E-state index is 11.5. The number of carboxylic acids is 1. The highest BCUT2D eigenvalue weighted by Gasteiger charge is 2.09. The lowest BCUT2D eigenvalue weighted by atomic mass is 10.0. The Kier molecular flexibility index (Phi) is 4.69. The summed E-state index contributed by atoms with van der Waals surface area (Å²) in [7, 11) is 0. The van der Waals surface area contributed by atoms with Crippen LogP contribution < -0.4 is 4.74 Å². The van der Waals surface area contributed by atoms with E-state index in [0.29, 0.717) is 17.7 Å². The van der Waals surface area contributed by atoms with Crippen molar-refractivity contribution in [3.63, 3.8) is 0 Å². The van der Waals surface area contributed by atoms with Gasteiger partial charge in [-0.05, 0) is 18.1 Å². The van der Waals surface area contributed by atoms with E-state index in [4.69, 9.17) is 9.84 Å². The van der Waals surface area contributed by atoms with Gasteiger partial charge < -0.3 is 9.84 Å². The van der Waals surface area contributed by atoms with E-state index in [1.54, 1.807) is 25.1 Å². The summed E-state index contributed by atoms with van der Waals surface area (Å²) in [5, 5.41) is 8.57. The van der Waals surface area contributed by atoms with E-state index in [0.717, 1.165) is 12.0 Å². The number of carboxylic acid groups (broad SMARTS) is 1. The van der Waals surface area contributed by atoms with Crippen LogP contribution in [0.4, 0.5) is 0 Å². The Balaban J connectivity index is 2.97. The molecule has 0 aliphatic carbocycles. The molecule has 0 spiro atoms. The van der Waals surface area contributed by atoms with Gasteiger partial charge in [-0.15, -0.1) is 0 Å². The third-order valence-electron chi connectivity index (χ3n) is 2.44. The Bertz CT molecular complexity index is 423. The highest BCUT2D eigenvalue weighted by molar-refractivity contribution is 5.96. The van der Waals surface area contributed by atoms with Gasteiger partial charge in [0.2, 0.25) is 0 Å². The number of carbonyl (C=O) groups excluding carboxylic acids is 1. The fourth-order valence-corrected chi connectivity index (χ4v) is 1.50. The predicted molar refractivity (Wildman–Crippen MR) is 63.6 cm³/mol. The maximum Gasteiger partial charge on any atom is 0.341 e. The normalized spacial score (nSPS) is 10.0. The molecule has 92 valence electrons. The van der Waals surface area contributed by atoms with E-state index in [9.17, 15) is 9.59 Å². The molecule has 0 aromatic heterocycles. The molecule has 0 heterocycles. The first-order valence-electron chi connectivity index (χ1n) is 5.59. The molecule has 1 rings (SSSR count). The molecule has 0 unspecified atom stereocenters. The van der Waals surface area contributed by atoms with Crippen LogP contribution in [0.5, 0.6) is 5.75 Å². The smallest absolute Gasteiger partial charge is 0.341 e. The molecular formula is C13H16O4. The Labute approximate surface area is 100 Å². The number of ether oxygens (including phenoxy) is 1. The van der Waals surface area contributed by atoms with Gasteiger partial charge in [0.25, 0.3) is 0 Å². The maximum absolute atomic E-state index is 11.5. The van der Waals surface area contributed by atoms with Crippen molar-refractivity contribution in [3.05, 3.63) is 29.3 Å². The molecule has 0 saturated heterocycles. The van der Waals surface area contributed by atoms with Crippen molar-refractivity contribution >= 4 is 11.8 Å². The molecule has 0 atom stereocenters. The van der Waals surface area contributed by atoms with Crippen LogP contribution in [-0.4, -0.2) is 23.5 Å². The number of rotatable bonds is 6. The van der Waals surface area contributed by atoms with Crippen molar-refractivity contribution in [1.29, 1.82) is 0 Å². The molecule has 0 aliphatic rings. The molecule has 4 heteroatoms. The average molecular weight is 236 g/mol. The zero-order chi connectivity index (χ0) is 12.8. The summed E-state index contributed by atoms with van der Waals surface area (Å²) in [4.78, 5) is 22.0. The van der Waals surface area contributed by atoms with Crippen molar-refractivity contribution in [3.8, 4) is 5.75 Å². The Morgan fingerprint density at radius 3 is 2.53 bits per heavy atom. The monoisotopic (exact) mass is 236 g/mol. The van der Waals surface area contributed by atoms with Crippen LogP contribution in [0, 0.1) is 0 Å². The molecule has 4 nitrogen and oxygen atoms in total. The van der Waals surface area contributed by atoms with E-state index in [1.807, 2.05) is 6.92 Å².